The van der Waals surface area contributed by atoms with E-state index in [9.17, 15) is 19.8 Å². The number of allylic oxidation sites excluding steroid dienone is 1. The number of ether oxygens (including phenoxy) is 2. The molecule has 4 N–H and O–H groups in total. The summed E-state index contributed by atoms with van der Waals surface area (Å²) < 4.78 is 12.5. The van der Waals surface area contributed by atoms with Crippen molar-refractivity contribution in [1.29, 1.82) is 0 Å². The molecule has 1 saturated heterocycles. The van der Waals surface area contributed by atoms with Crippen LogP contribution in [0.1, 0.15) is 135 Å². The summed E-state index contributed by atoms with van der Waals surface area (Å²) in [7, 11) is 0. The highest BCUT2D eigenvalue weighted by molar-refractivity contribution is 5.85. The Kier molecular flexibility index (Phi) is 10.5. The average molecular weight is 743 g/mol. The summed E-state index contributed by atoms with van der Waals surface area (Å²) >= 11 is 0. The van der Waals surface area contributed by atoms with Gasteiger partial charge in [-0.1, -0.05) is 102 Å². The van der Waals surface area contributed by atoms with E-state index in [0.717, 1.165) is 95.5 Å². The first kappa shape index (κ1) is 38.4. The molecule has 8 nitrogen and oxygen atoms in total. The summed E-state index contributed by atoms with van der Waals surface area (Å²) in [6.07, 6.45) is 21.4. The molecule has 2 heterocycles. The van der Waals surface area contributed by atoms with Crippen molar-refractivity contribution >= 4 is 11.9 Å². The number of hydrazine groups is 1. The Morgan fingerprint density at radius 2 is 1.81 bits per heavy atom. The Morgan fingerprint density at radius 1 is 1.02 bits per heavy atom. The molecule has 54 heavy (non-hydrogen) atoms. The lowest BCUT2D eigenvalue weighted by Crippen LogP contribution is -2.83. The average Bonchev–Trinajstić information content (AvgIpc) is 3.81. The van der Waals surface area contributed by atoms with Gasteiger partial charge in [-0.05, 0) is 105 Å². The van der Waals surface area contributed by atoms with Gasteiger partial charge < -0.3 is 19.7 Å². The van der Waals surface area contributed by atoms with Gasteiger partial charge in [-0.3, -0.25) is 10.2 Å². The molecule has 8 heteroatoms. The smallest absolute Gasteiger partial charge is 0.331 e. The number of hydrogen-bond acceptors (Lipinski definition) is 8. The van der Waals surface area contributed by atoms with E-state index in [0.29, 0.717) is 37.5 Å². The highest BCUT2D eigenvalue weighted by Gasteiger charge is 2.82. The minimum absolute atomic E-state index is 0.125. The van der Waals surface area contributed by atoms with Gasteiger partial charge in [0.1, 0.15) is 6.61 Å². The van der Waals surface area contributed by atoms with E-state index in [1.807, 2.05) is 0 Å². The van der Waals surface area contributed by atoms with Crippen LogP contribution >= 0.6 is 0 Å². The van der Waals surface area contributed by atoms with Gasteiger partial charge in [-0.15, -0.1) is 0 Å². The second-order valence-electron chi connectivity index (χ2n) is 19.4. The third-order valence-corrected chi connectivity index (χ3v) is 16.3. The van der Waals surface area contributed by atoms with Crippen LogP contribution in [-0.4, -0.2) is 52.2 Å². The highest BCUT2D eigenvalue weighted by atomic mass is 16.6. The van der Waals surface area contributed by atoms with Gasteiger partial charge in [-0.25, -0.2) is 10.2 Å². The molecule has 0 radical (unpaired) electrons. The Morgan fingerprint density at radius 3 is 2.57 bits per heavy atom. The van der Waals surface area contributed by atoms with Crippen LogP contribution in [0.2, 0.25) is 0 Å². The maximum absolute atomic E-state index is 14.5. The quantitative estimate of drug-likeness (QED) is 0.126. The summed E-state index contributed by atoms with van der Waals surface area (Å²) in [5, 5.41) is 27.1. The van der Waals surface area contributed by atoms with Crippen LogP contribution in [0.3, 0.4) is 0 Å². The lowest BCUT2D eigenvalue weighted by atomic mass is 9.31. The van der Waals surface area contributed by atoms with Crippen LogP contribution in [0, 0.1) is 45.8 Å². The number of rotatable bonds is 12. The lowest BCUT2D eigenvalue weighted by Gasteiger charge is -2.76. The number of carbonyl (C=O) groups is 2. The summed E-state index contributed by atoms with van der Waals surface area (Å²) in [6, 6.07) is 10.9. The van der Waals surface area contributed by atoms with E-state index in [1.54, 1.807) is 6.08 Å². The van der Waals surface area contributed by atoms with Gasteiger partial charge in [0, 0.05) is 35.3 Å². The predicted octanol–water partition coefficient (Wildman–Crippen LogP) is 7.88. The number of carbonyl (C=O) groups excluding carboxylic acids is 2. The Hall–Kier alpha value is -2.52. The molecular weight excluding hydrogens is 677 g/mol. The topological polar surface area (TPSA) is 117 Å². The van der Waals surface area contributed by atoms with E-state index in [1.165, 1.54) is 5.56 Å². The first-order chi connectivity index (χ1) is 25.9. The van der Waals surface area contributed by atoms with Gasteiger partial charge in [0.2, 0.25) is 0 Å². The second-order valence-corrected chi connectivity index (χ2v) is 19.4. The van der Waals surface area contributed by atoms with Gasteiger partial charge in [-0.2, -0.15) is 0 Å². The van der Waals surface area contributed by atoms with E-state index in [4.69, 9.17) is 9.47 Å². The number of hydrogen-bond donors (Lipinski definition) is 4. The third-order valence-electron chi connectivity index (χ3n) is 16.3. The minimum atomic E-state index is -1.34. The molecule has 0 aromatic heterocycles. The zero-order valence-corrected chi connectivity index (χ0v) is 33.1. The number of cyclic esters (lactones) is 1. The Balaban J connectivity index is 1.21. The maximum Gasteiger partial charge on any atom is 0.331 e. The summed E-state index contributed by atoms with van der Waals surface area (Å²) in [6.45, 7) is 7.16. The molecule has 0 amide bonds. The third kappa shape index (κ3) is 6.24. The zero-order chi connectivity index (χ0) is 37.8. The van der Waals surface area contributed by atoms with E-state index >= 15 is 0 Å². The van der Waals surface area contributed by atoms with Crippen LogP contribution in [0.5, 0.6) is 0 Å². The van der Waals surface area contributed by atoms with Gasteiger partial charge in [0.05, 0.1) is 17.6 Å². The summed E-state index contributed by atoms with van der Waals surface area (Å²) in [5.41, 5.74) is 5.25. The highest BCUT2D eigenvalue weighted by Crippen LogP contribution is 2.77. The van der Waals surface area contributed by atoms with Crippen LogP contribution in [0.4, 0.5) is 0 Å². The number of nitrogens with one attached hydrogen (secondary N) is 2. The van der Waals surface area contributed by atoms with Gasteiger partial charge in [0.25, 0.3) is 0 Å². The van der Waals surface area contributed by atoms with Crippen molar-refractivity contribution in [3.8, 4) is 0 Å². The number of aliphatic hydroxyl groups is 2. The molecule has 2 bridgehead atoms. The van der Waals surface area contributed by atoms with Crippen LogP contribution in [-0.2, 0) is 25.5 Å². The van der Waals surface area contributed by atoms with Crippen molar-refractivity contribution in [2.24, 2.45) is 45.8 Å². The predicted molar refractivity (Wildman–Crippen MR) is 208 cm³/mol. The Labute approximate surface area is 323 Å². The molecule has 5 fully saturated rings. The summed E-state index contributed by atoms with van der Waals surface area (Å²) in [5.74, 6) is -0.257. The van der Waals surface area contributed by atoms with E-state index < -0.39 is 28.3 Å². The fraction of sp³-hybridized carbons (Fsp3) is 0.739. The Bertz CT molecular complexity index is 1610. The number of aryl methyl sites for hydroxylation is 1. The SMILES string of the molecule is C[C@H](CCCc1ccccc1)CC[C@@H]1C=C[C@@]2(C)C[C@]3(OC(=O)C4CCCCC4)NN[C@@H]4CCC[C@@H]4[C@]4(C)CC[C@H](O)[C@@]1([C@H]43)[C@@]2(O)CCC1=CC(=O)OC1. The molecule has 296 valence electrons. The largest absolute Gasteiger partial charge is 0.458 e. The normalized spacial score (nSPS) is 42.0. The van der Waals surface area contributed by atoms with Crippen molar-refractivity contribution in [3.63, 3.8) is 0 Å². The van der Waals surface area contributed by atoms with E-state index in [2.05, 4.69) is 74.1 Å². The molecule has 5 aliphatic carbocycles. The molecular formula is C46H66N2O6. The van der Waals surface area contributed by atoms with Crippen LogP contribution < -0.4 is 10.9 Å². The van der Waals surface area contributed by atoms with Gasteiger partial charge in [0.15, 0.2) is 5.72 Å². The fourth-order valence-electron chi connectivity index (χ4n) is 13.8. The molecule has 11 atom stereocenters. The van der Waals surface area contributed by atoms with E-state index in [-0.39, 0.29) is 47.8 Å². The standard InChI is InChI=1S/C46H66N2O6/c1-31(12-10-15-32-13-6-4-7-14-32)20-21-35-23-25-42(2)30-44(54-40(51)34-16-8-5-9-17-34)41-43(3,36-18-11-19-37(36)47-48-44)26-24-38(49)46(35,41)45(42,52)27-22-33-28-39(50)53-29-33/h4,6-7,13-14,23,25,28,31,34-38,41,47-49,52H,5,8-12,15-22,24,26-27,29-30H2,1-3H3/t31-,35-,36+,37-,38+,41-,42+,43+,44-,45-,46+/m1/s1. The van der Waals surface area contributed by atoms with Crippen molar-refractivity contribution < 1.29 is 29.3 Å². The molecule has 7 aliphatic rings. The fourth-order valence-corrected chi connectivity index (χ4v) is 13.8. The van der Waals surface area contributed by atoms with Crippen molar-refractivity contribution in [2.75, 3.05) is 6.61 Å². The van der Waals surface area contributed by atoms with Crippen LogP contribution in [0.25, 0.3) is 0 Å². The molecule has 1 aromatic carbocycles. The first-order valence-corrected chi connectivity index (χ1v) is 21.7. The number of esters is 2. The molecule has 8 rings (SSSR count). The monoisotopic (exact) mass is 742 g/mol. The number of fused-ring (bicyclic) bond motifs is 3. The number of aliphatic hydroxyl groups excluding tert-OH is 1. The molecule has 4 saturated carbocycles. The number of benzene rings is 1. The minimum Gasteiger partial charge on any atom is -0.458 e. The maximum atomic E-state index is 14.5. The lowest BCUT2D eigenvalue weighted by molar-refractivity contribution is -0.358. The first-order valence-electron chi connectivity index (χ1n) is 21.7. The molecule has 0 unspecified atom stereocenters. The zero-order valence-electron chi connectivity index (χ0n) is 33.1. The summed E-state index contributed by atoms with van der Waals surface area (Å²) in [4.78, 5) is 26.7. The molecule has 1 spiro atoms. The van der Waals surface area contributed by atoms with Crippen molar-refractivity contribution in [2.45, 2.75) is 160 Å². The van der Waals surface area contributed by atoms with Crippen LogP contribution in [0.15, 0.2) is 54.1 Å². The molecule has 1 aromatic rings. The molecule has 2 aliphatic heterocycles. The second kappa shape index (κ2) is 14.8. The van der Waals surface area contributed by atoms with Crippen molar-refractivity contribution in [1.82, 2.24) is 10.9 Å². The van der Waals surface area contributed by atoms with Crippen molar-refractivity contribution in [3.05, 3.63) is 59.7 Å². The van der Waals surface area contributed by atoms with Gasteiger partial charge >= 0.3 is 11.9 Å².